The molecule has 24 heavy (non-hydrogen) atoms. The number of ether oxygens (including phenoxy) is 1. The molecule has 2 fully saturated rings. The topological polar surface area (TPSA) is 41.6 Å². The summed E-state index contributed by atoms with van der Waals surface area (Å²) in [7, 11) is 0. The van der Waals surface area contributed by atoms with Gasteiger partial charge in [0.25, 0.3) is 0 Å². The lowest BCUT2D eigenvalue weighted by Gasteiger charge is -2.43. The van der Waals surface area contributed by atoms with E-state index in [0.29, 0.717) is 6.04 Å². The highest BCUT2D eigenvalue weighted by Gasteiger charge is 2.39. The Hall–Kier alpha value is -0.770. The summed E-state index contributed by atoms with van der Waals surface area (Å²) in [5.41, 5.74) is -0.212. The fourth-order valence-corrected chi connectivity index (χ4v) is 3.91. The van der Waals surface area contributed by atoms with E-state index in [4.69, 9.17) is 4.74 Å². The molecule has 1 aliphatic heterocycles. The van der Waals surface area contributed by atoms with Crippen LogP contribution in [0.25, 0.3) is 0 Å². The van der Waals surface area contributed by atoms with Crippen LogP contribution in [0.1, 0.15) is 79.6 Å². The zero-order valence-corrected chi connectivity index (χ0v) is 16.5. The predicted molar refractivity (Wildman–Crippen MR) is 99.2 cm³/mol. The number of nitrogens with zero attached hydrogens (tertiary/aromatic N) is 1. The molecule has 0 radical (unpaired) electrons. The predicted octanol–water partition coefficient (Wildman–Crippen LogP) is 4.58. The molecule has 0 spiro atoms. The van der Waals surface area contributed by atoms with Crippen molar-refractivity contribution in [3.05, 3.63) is 0 Å². The van der Waals surface area contributed by atoms with Crippen LogP contribution in [0, 0.1) is 11.3 Å². The van der Waals surface area contributed by atoms with Crippen molar-refractivity contribution in [1.82, 2.24) is 10.2 Å². The Labute approximate surface area is 148 Å². The third kappa shape index (κ3) is 5.65. The Morgan fingerprint density at radius 1 is 1.33 bits per heavy atom. The molecule has 0 aromatic rings. The van der Waals surface area contributed by atoms with Gasteiger partial charge in [-0.05, 0) is 65.2 Å². The van der Waals surface area contributed by atoms with Crippen LogP contribution in [0.4, 0.5) is 4.79 Å². The van der Waals surface area contributed by atoms with E-state index in [1.807, 2.05) is 25.7 Å². The number of piperidine rings is 1. The van der Waals surface area contributed by atoms with Gasteiger partial charge in [0.1, 0.15) is 5.60 Å². The van der Waals surface area contributed by atoms with Gasteiger partial charge in [0, 0.05) is 31.1 Å². The van der Waals surface area contributed by atoms with E-state index < -0.39 is 5.60 Å². The Morgan fingerprint density at radius 2 is 2.04 bits per heavy atom. The Morgan fingerprint density at radius 3 is 2.58 bits per heavy atom. The van der Waals surface area contributed by atoms with Crippen molar-refractivity contribution >= 4 is 6.09 Å². The number of amides is 1. The summed E-state index contributed by atoms with van der Waals surface area (Å²) < 4.78 is 5.59. The summed E-state index contributed by atoms with van der Waals surface area (Å²) in [6.45, 7) is 13.1. The zero-order valence-electron chi connectivity index (χ0n) is 16.5. The third-order valence-corrected chi connectivity index (χ3v) is 5.59. The highest BCUT2D eigenvalue weighted by Crippen LogP contribution is 2.37. The van der Waals surface area contributed by atoms with Gasteiger partial charge in [0.2, 0.25) is 0 Å². The molecule has 1 heterocycles. The van der Waals surface area contributed by atoms with Crippen molar-refractivity contribution in [3.63, 3.8) is 0 Å². The van der Waals surface area contributed by atoms with Crippen molar-refractivity contribution in [2.75, 3.05) is 19.6 Å². The molecule has 1 amide bonds. The Bertz CT molecular complexity index is 414. The van der Waals surface area contributed by atoms with Crippen LogP contribution in [-0.2, 0) is 4.74 Å². The fourth-order valence-electron chi connectivity index (χ4n) is 3.91. The van der Waals surface area contributed by atoms with E-state index in [2.05, 4.69) is 19.2 Å². The van der Waals surface area contributed by atoms with Crippen molar-refractivity contribution in [1.29, 1.82) is 0 Å². The maximum atomic E-state index is 12.5. The minimum atomic E-state index is -0.417. The van der Waals surface area contributed by atoms with Crippen LogP contribution < -0.4 is 5.32 Å². The standard InChI is InChI=1S/C20H38N2O2/c1-6-9-17(16-10-11-16)21-14-20(7-2)12-8-13-22(15-20)18(23)24-19(3,4)5/h16-17,21H,6-15H2,1-5H3. The second kappa shape index (κ2) is 8.07. The molecule has 140 valence electrons. The second-order valence-corrected chi connectivity index (χ2v) is 8.97. The summed E-state index contributed by atoms with van der Waals surface area (Å²) in [4.78, 5) is 14.4. The highest BCUT2D eigenvalue weighted by atomic mass is 16.6. The first-order valence-corrected chi connectivity index (χ1v) is 10.00. The Kier molecular flexibility index (Phi) is 6.58. The van der Waals surface area contributed by atoms with E-state index in [9.17, 15) is 4.79 Å². The van der Waals surface area contributed by atoms with E-state index in [1.165, 1.54) is 32.1 Å². The minimum absolute atomic E-state index is 0.146. The van der Waals surface area contributed by atoms with Gasteiger partial charge in [-0.15, -0.1) is 0 Å². The molecular formula is C20H38N2O2. The minimum Gasteiger partial charge on any atom is -0.444 e. The normalized spacial score (nSPS) is 26.3. The summed E-state index contributed by atoms with van der Waals surface area (Å²) >= 11 is 0. The first-order chi connectivity index (χ1) is 11.3. The number of hydrogen-bond donors (Lipinski definition) is 1. The van der Waals surface area contributed by atoms with Gasteiger partial charge in [-0.3, -0.25) is 0 Å². The van der Waals surface area contributed by atoms with Gasteiger partial charge in [-0.1, -0.05) is 20.3 Å². The molecule has 1 saturated heterocycles. The van der Waals surface area contributed by atoms with Crippen LogP contribution in [0.5, 0.6) is 0 Å². The van der Waals surface area contributed by atoms with Gasteiger partial charge in [-0.25, -0.2) is 4.79 Å². The Balaban J connectivity index is 1.93. The smallest absolute Gasteiger partial charge is 0.410 e. The van der Waals surface area contributed by atoms with Gasteiger partial charge < -0.3 is 15.0 Å². The first-order valence-electron chi connectivity index (χ1n) is 10.00. The van der Waals surface area contributed by atoms with Crippen LogP contribution in [-0.4, -0.2) is 42.3 Å². The number of nitrogens with one attached hydrogen (secondary N) is 1. The summed E-state index contributed by atoms with van der Waals surface area (Å²) in [5.74, 6) is 0.893. The molecule has 0 aromatic heterocycles. The lowest BCUT2D eigenvalue weighted by molar-refractivity contribution is 0.00280. The molecule has 2 atom stereocenters. The molecule has 1 aliphatic carbocycles. The molecule has 1 N–H and O–H groups in total. The monoisotopic (exact) mass is 338 g/mol. The SMILES string of the molecule is CCCC(NCC1(CC)CCCN(C(=O)OC(C)(C)C)C1)C1CC1. The van der Waals surface area contributed by atoms with Crippen LogP contribution in [0.3, 0.4) is 0 Å². The molecule has 0 aromatic carbocycles. The van der Waals surface area contributed by atoms with Crippen molar-refractivity contribution in [2.24, 2.45) is 11.3 Å². The van der Waals surface area contributed by atoms with Crippen molar-refractivity contribution < 1.29 is 9.53 Å². The van der Waals surface area contributed by atoms with Crippen LogP contribution in [0.2, 0.25) is 0 Å². The first kappa shape index (κ1) is 19.6. The van der Waals surface area contributed by atoms with Gasteiger partial charge >= 0.3 is 6.09 Å². The van der Waals surface area contributed by atoms with E-state index in [-0.39, 0.29) is 11.5 Å². The molecule has 2 rings (SSSR count). The quantitative estimate of drug-likeness (QED) is 0.738. The summed E-state index contributed by atoms with van der Waals surface area (Å²) in [6.07, 6.45) is 8.56. The fraction of sp³-hybridized carbons (Fsp3) is 0.950. The van der Waals surface area contributed by atoms with Crippen LogP contribution >= 0.6 is 0 Å². The van der Waals surface area contributed by atoms with E-state index in [0.717, 1.165) is 38.4 Å². The number of carbonyl (C=O) groups is 1. The third-order valence-electron chi connectivity index (χ3n) is 5.59. The zero-order chi connectivity index (χ0) is 17.8. The lowest BCUT2D eigenvalue weighted by atomic mass is 9.77. The molecule has 2 aliphatic rings. The van der Waals surface area contributed by atoms with E-state index >= 15 is 0 Å². The average molecular weight is 339 g/mol. The molecule has 1 saturated carbocycles. The maximum absolute atomic E-state index is 12.5. The number of carbonyl (C=O) groups excluding carboxylic acids is 1. The number of hydrogen-bond acceptors (Lipinski definition) is 3. The molecule has 4 nitrogen and oxygen atoms in total. The highest BCUT2D eigenvalue weighted by molar-refractivity contribution is 5.68. The lowest BCUT2D eigenvalue weighted by Crippen LogP contribution is -2.52. The van der Waals surface area contributed by atoms with Gasteiger partial charge in [0.15, 0.2) is 0 Å². The van der Waals surface area contributed by atoms with Crippen LogP contribution in [0.15, 0.2) is 0 Å². The average Bonchev–Trinajstić information content (AvgIpc) is 3.35. The molecule has 4 heteroatoms. The summed E-state index contributed by atoms with van der Waals surface area (Å²) in [6, 6.07) is 0.676. The molecule has 2 unspecified atom stereocenters. The maximum Gasteiger partial charge on any atom is 0.410 e. The van der Waals surface area contributed by atoms with Crippen molar-refractivity contribution in [2.45, 2.75) is 91.2 Å². The summed E-state index contributed by atoms with van der Waals surface area (Å²) in [5, 5.41) is 3.87. The van der Waals surface area contributed by atoms with Gasteiger partial charge in [-0.2, -0.15) is 0 Å². The number of rotatable bonds is 7. The molecular weight excluding hydrogens is 300 g/mol. The van der Waals surface area contributed by atoms with Gasteiger partial charge in [0.05, 0.1) is 0 Å². The largest absolute Gasteiger partial charge is 0.444 e. The van der Waals surface area contributed by atoms with Crippen molar-refractivity contribution in [3.8, 4) is 0 Å². The number of likely N-dealkylation sites (tertiary alicyclic amines) is 1. The molecule has 0 bridgehead atoms. The second-order valence-electron chi connectivity index (χ2n) is 8.97. The van der Waals surface area contributed by atoms with E-state index in [1.54, 1.807) is 0 Å².